The Bertz CT molecular complexity index is 857. The van der Waals surface area contributed by atoms with Crippen LogP contribution in [0.3, 0.4) is 0 Å². The first-order valence-corrected chi connectivity index (χ1v) is 9.90. The second-order valence-electron chi connectivity index (χ2n) is 7.57. The number of aliphatic hydroxyl groups is 1. The molecular weight excluding hydrogens is 373 g/mol. The molecule has 2 unspecified atom stereocenters. The standard InChI is InChI=1S/C22H26FN3O3/c1-14(13-27)25-21(28)16-5-3-7-19(11-16)26-22(29)17-8-9-20(24-12-17)15-4-2-6-18(23)10-15/h2,4,6,8-10,12,14,16,19,27H,3,5,7,11,13H2,1H3,(H,25,28)(H,26,29)/t14-,16?,19?/m1/s1. The van der Waals surface area contributed by atoms with E-state index in [-0.39, 0.29) is 42.2 Å². The number of aliphatic hydroxyl groups excluding tert-OH is 1. The molecule has 0 bridgehead atoms. The maximum absolute atomic E-state index is 13.4. The molecule has 1 aliphatic carbocycles. The van der Waals surface area contributed by atoms with Gasteiger partial charge in [-0.05, 0) is 50.5 Å². The molecule has 3 atom stereocenters. The quantitative estimate of drug-likeness (QED) is 0.697. The Morgan fingerprint density at radius 1 is 1.28 bits per heavy atom. The summed E-state index contributed by atoms with van der Waals surface area (Å²) in [5.41, 5.74) is 1.66. The molecule has 3 rings (SSSR count). The summed E-state index contributed by atoms with van der Waals surface area (Å²) in [5.74, 6) is -0.823. The summed E-state index contributed by atoms with van der Waals surface area (Å²) in [7, 11) is 0. The Kier molecular flexibility index (Phi) is 6.93. The van der Waals surface area contributed by atoms with Crippen molar-refractivity contribution in [2.45, 2.75) is 44.7 Å². The van der Waals surface area contributed by atoms with Crippen LogP contribution in [-0.4, -0.2) is 40.6 Å². The first-order chi connectivity index (χ1) is 14.0. The molecule has 154 valence electrons. The third-order valence-corrected chi connectivity index (χ3v) is 5.19. The summed E-state index contributed by atoms with van der Waals surface area (Å²) < 4.78 is 13.4. The topological polar surface area (TPSA) is 91.3 Å². The monoisotopic (exact) mass is 399 g/mol. The van der Waals surface area contributed by atoms with Gasteiger partial charge in [0.05, 0.1) is 17.9 Å². The van der Waals surface area contributed by atoms with Crippen molar-refractivity contribution in [3.05, 3.63) is 54.0 Å². The highest BCUT2D eigenvalue weighted by molar-refractivity contribution is 5.94. The zero-order valence-corrected chi connectivity index (χ0v) is 16.4. The van der Waals surface area contributed by atoms with Crippen LogP contribution in [0.2, 0.25) is 0 Å². The van der Waals surface area contributed by atoms with Crippen LogP contribution in [0, 0.1) is 11.7 Å². The zero-order chi connectivity index (χ0) is 20.8. The largest absolute Gasteiger partial charge is 0.394 e. The van der Waals surface area contributed by atoms with E-state index in [2.05, 4.69) is 15.6 Å². The van der Waals surface area contributed by atoms with Gasteiger partial charge in [-0.15, -0.1) is 0 Å². The minimum Gasteiger partial charge on any atom is -0.394 e. The van der Waals surface area contributed by atoms with Crippen LogP contribution in [-0.2, 0) is 4.79 Å². The molecule has 1 heterocycles. The SMILES string of the molecule is C[C@H](CO)NC(=O)C1CCCC(NC(=O)c2ccc(-c3cccc(F)c3)nc2)C1. The first kappa shape index (κ1) is 20.9. The summed E-state index contributed by atoms with van der Waals surface area (Å²) in [4.78, 5) is 29.1. The Morgan fingerprint density at radius 3 is 2.79 bits per heavy atom. The van der Waals surface area contributed by atoms with Gasteiger partial charge in [-0.1, -0.05) is 18.6 Å². The molecule has 1 aromatic carbocycles. The minimum atomic E-state index is -0.338. The first-order valence-electron chi connectivity index (χ1n) is 9.90. The number of aromatic nitrogens is 1. The van der Waals surface area contributed by atoms with Gasteiger partial charge < -0.3 is 15.7 Å². The lowest BCUT2D eigenvalue weighted by Gasteiger charge is -2.29. The maximum Gasteiger partial charge on any atom is 0.253 e. The molecule has 1 aromatic heterocycles. The molecule has 1 fully saturated rings. The fourth-order valence-electron chi connectivity index (χ4n) is 3.58. The van der Waals surface area contributed by atoms with Gasteiger partial charge in [0.15, 0.2) is 0 Å². The molecule has 2 aromatic rings. The summed E-state index contributed by atoms with van der Waals surface area (Å²) >= 11 is 0. The van der Waals surface area contributed by atoms with E-state index in [4.69, 9.17) is 5.11 Å². The third kappa shape index (κ3) is 5.60. The molecule has 6 nitrogen and oxygen atoms in total. The van der Waals surface area contributed by atoms with Gasteiger partial charge in [-0.2, -0.15) is 0 Å². The fraction of sp³-hybridized carbons (Fsp3) is 0.409. The number of pyridine rings is 1. The van der Waals surface area contributed by atoms with Crippen molar-refractivity contribution in [3.63, 3.8) is 0 Å². The molecule has 3 N–H and O–H groups in total. The van der Waals surface area contributed by atoms with Gasteiger partial charge in [-0.25, -0.2) is 4.39 Å². The maximum atomic E-state index is 13.4. The van der Waals surface area contributed by atoms with Crippen LogP contribution in [0.1, 0.15) is 43.0 Å². The highest BCUT2D eigenvalue weighted by Crippen LogP contribution is 2.25. The average Bonchev–Trinajstić information content (AvgIpc) is 2.74. The molecule has 29 heavy (non-hydrogen) atoms. The van der Waals surface area contributed by atoms with E-state index < -0.39 is 0 Å². The fourth-order valence-corrected chi connectivity index (χ4v) is 3.58. The second-order valence-corrected chi connectivity index (χ2v) is 7.57. The average molecular weight is 399 g/mol. The number of hydrogen-bond donors (Lipinski definition) is 3. The molecule has 2 amide bonds. The summed E-state index contributed by atoms with van der Waals surface area (Å²) in [6.07, 6.45) is 4.50. The van der Waals surface area contributed by atoms with E-state index in [1.54, 1.807) is 31.2 Å². The van der Waals surface area contributed by atoms with Gasteiger partial charge in [0, 0.05) is 29.8 Å². The predicted octanol–water partition coefficient (Wildman–Crippen LogP) is 2.67. The molecule has 0 saturated heterocycles. The number of hydrogen-bond acceptors (Lipinski definition) is 4. The van der Waals surface area contributed by atoms with Crippen molar-refractivity contribution in [1.29, 1.82) is 0 Å². The van der Waals surface area contributed by atoms with Crippen LogP contribution in [0.25, 0.3) is 11.3 Å². The lowest BCUT2D eigenvalue weighted by atomic mass is 9.85. The number of halogens is 1. The normalized spacial score (nSPS) is 20.0. The number of carbonyl (C=O) groups is 2. The van der Waals surface area contributed by atoms with Crippen molar-refractivity contribution < 1.29 is 19.1 Å². The van der Waals surface area contributed by atoms with Gasteiger partial charge in [-0.3, -0.25) is 14.6 Å². The van der Waals surface area contributed by atoms with E-state index in [0.29, 0.717) is 23.2 Å². The van der Waals surface area contributed by atoms with Crippen molar-refractivity contribution in [2.24, 2.45) is 5.92 Å². The van der Waals surface area contributed by atoms with E-state index in [0.717, 1.165) is 19.3 Å². The Hall–Kier alpha value is -2.80. The predicted molar refractivity (Wildman–Crippen MR) is 108 cm³/mol. The summed E-state index contributed by atoms with van der Waals surface area (Å²) in [6, 6.07) is 9.13. The van der Waals surface area contributed by atoms with Gasteiger partial charge >= 0.3 is 0 Å². The smallest absolute Gasteiger partial charge is 0.253 e. The highest BCUT2D eigenvalue weighted by atomic mass is 19.1. The van der Waals surface area contributed by atoms with Crippen LogP contribution in [0.5, 0.6) is 0 Å². The second kappa shape index (κ2) is 9.60. The lowest BCUT2D eigenvalue weighted by molar-refractivity contribution is -0.127. The third-order valence-electron chi connectivity index (χ3n) is 5.19. The molecule has 0 aliphatic heterocycles. The van der Waals surface area contributed by atoms with Crippen molar-refractivity contribution in [1.82, 2.24) is 15.6 Å². The number of carbonyl (C=O) groups excluding carboxylic acids is 2. The summed E-state index contributed by atoms with van der Waals surface area (Å²) in [5, 5.41) is 14.9. The van der Waals surface area contributed by atoms with Crippen molar-refractivity contribution in [2.75, 3.05) is 6.61 Å². The van der Waals surface area contributed by atoms with E-state index in [9.17, 15) is 14.0 Å². The molecular formula is C22H26FN3O3. The van der Waals surface area contributed by atoms with Crippen LogP contribution >= 0.6 is 0 Å². The van der Waals surface area contributed by atoms with Crippen molar-refractivity contribution >= 4 is 11.8 Å². The summed E-state index contributed by atoms with van der Waals surface area (Å²) in [6.45, 7) is 1.65. The molecule has 1 saturated carbocycles. The van der Waals surface area contributed by atoms with E-state index in [1.807, 2.05) is 0 Å². The minimum absolute atomic E-state index is 0.0772. The number of benzene rings is 1. The molecule has 1 aliphatic rings. The van der Waals surface area contributed by atoms with Gasteiger partial charge in [0.25, 0.3) is 5.91 Å². The van der Waals surface area contributed by atoms with E-state index in [1.165, 1.54) is 18.3 Å². The van der Waals surface area contributed by atoms with Crippen molar-refractivity contribution in [3.8, 4) is 11.3 Å². The number of rotatable bonds is 6. The number of nitrogens with one attached hydrogen (secondary N) is 2. The Labute approximate surface area is 169 Å². The Morgan fingerprint density at radius 2 is 2.10 bits per heavy atom. The number of nitrogens with zero attached hydrogens (tertiary/aromatic N) is 1. The Balaban J connectivity index is 1.59. The lowest BCUT2D eigenvalue weighted by Crippen LogP contribution is -2.45. The molecule has 0 spiro atoms. The van der Waals surface area contributed by atoms with Gasteiger partial charge in [0.2, 0.25) is 5.91 Å². The van der Waals surface area contributed by atoms with Gasteiger partial charge in [0.1, 0.15) is 5.82 Å². The molecule has 0 radical (unpaired) electrons. The van der Waals surface area contributed by atoms with Crippen LogP contribution in [0.4, 0.5) is 4.39 Å². The van der Waals surface area contributed by atoms with Crippen LogP contribution in [0.15, 0.2) is 42.6 Å². The zero-order valence-electron chi connectivity index (χ0n) is 16.4. The van der Waals surface area contributed by atoms with Crippen LogP contribution < -0.4 is 10.6 Å². The number of amides is 2. The van der Waals surface area contributed by atoms with E-state index >= 15 is 0 Å². The molecule has 7 heteroatoms. The highest BCUT2D eigenvalue weighted by Gasteiger charge is 2.28.